The molecule has 1 N–H and O–H groups in total. The molecule has 1 saturated heterocycles. The summed E-state index contributed by atoms with van der Waals surface area (Å²) in [6.07, 6.45) is 7.95. The lowest BCUT2D eigenvalue weighted by molar-refractivity contribution is -0.132. The maximum Gasteiger partial charge on any atom is 0.250 e. The van der Waals surface area contributed by atoms with Crippen LogP contribution in [0.15, 0.2) is 29.5 Å². The van der Waals surface area contributed by atoms with Crippen molar-refractivity contribution in [1.82, 2.24) is 15.2 Å². The monoisotopic (exact) mass is 382 g/mol. The molecule has 152 valence electrons. The Morgan fingerprint density at radius 3 is 2.68 bits per heavy atom. The molecule has 5 heteroatoms. The maximum absolute atomic E-state index is 13.6. The van der Waals surface area contributed by atoms with Gasteiger partial charge in [0.15, 0.2) is 5.54 Å². The van der Waals surface area contributed by atoms with E-state index in [1.165, 1.54) is 6.42 Å². The summed E-state index contributed by atoms with van der Waals surface area (Å²) in [6.45, 7) is 11.8. The van der Waals surface area contributed by atoms with E-state index in [-0.39, 0.29) is 11.9 Å². The van der Waals surface area contributed by atoms with E-state index in [9.17, 15) is 4.79 Å². The highest BCUT2D eigenvalue weighted by atomic mass is 16.2. The minimum absolute atomic E-state index is 0.119. The van der Waals surface area contributed by atoms with E-state index in [4.69, 9.17) is 4.99 Å². The summed E-state index contributed by atoms with van der Waals surface area (Å²) in [5.41, 5.74) is 0.481. The van der Waals surface area contributed by atoms with Gasteiger partial charge < -0.3 is 5.32 Å². The van der Waals surface area contributed by atoms with E-state index >= 15 is 0 Å². The Labute approximate surface area is 169 Å². The summed E-state index contributed by atoms with van der Waals surface area (Å²) < 4.78 is 0. The molecule has 0 spiro atoms. The van der Waals surface area contributed by atoms with Crippen LogP contribution in [0.2, 0.25) is 0 Å². The molecule has 28 heavy (non-hydrogen) atoms. The van der Waals surface area contributed by atoms with Gasteiger partial charge in [0.1, 0.15) is 0 Å². The number of nitrogens with one attached hydrogen (secondary N) is 1. The molecule has 3 aliphatic heterocycles. The largest absolute Gasteiger partial charge is 0.350 e. The predicted molar refractivity (Wildman–Crippen MR) is 112 cm³/mol. The fourth-order valence-corrected chi connectivity index (χ4v) is 5.92. The van der Waals surface area contributed by atoms with Crippen LogP contribution in [0.3, 0.4) is 0 Å². The summed E-state index contributed by atoms with van der Waals surface area (Å²) in [4.78, 5) is 25.3. The zero-order chi connectivity index (χ0) is 19.9. The zero-order valence-electron chi connectivity index (χ0n) is 17.6. The number of hydrogen-bond donors (Lipinski definition) is 1. The minimum Gasteiger partial charge on any atom is -0.350 e. The third kappa shape index (κ3) is 3.28. The van der Waals surface area contributed by atoms with Crippen LogP contribution in [0.25, 0.3) is 0 Å². The summed E-state index contributed by atoms with van der Waals surface area (Å²) in [5, 5.41) is 3.23. The van der Waals surface area contributed by atoms with Gasteiger partial charge in [-0.2, -0.15) is 0 Å². The average molecular weight is 383 g/mol. The van der Waals surface area contributed by atoms with E-state index in [1.807, 2.05) is 12.1 Å². The van der Waals surface area contributed by atoms with Gasteiger partial charge in [-0.1, -0.05) is 27.7 Å². The van der Waals surface area contributed by atoms with Crippen molar-refractivity contribution in [3.63, 3.8) is 0 Å². The van der Waals surface area contributed by atoms with Gasteiger partial charge in [-0.25, -0.2) is 0 Å². The fraction of sp³-hybridized carbons (Fsp3) is 0.696. The van der Waals surface area contributed by atoms with Crippen molar-refractivity contribution in [2.75, 3.05) is 13.1 Å². The van der Waals surface area contributed by atoms with E-state index in [2.05, 4.69) is 49.1 Å². The molecular weight excluding hydrogens is 348 g/mol. The predicted octanol–water partition coefficient (Wildman–Crippen LogP) is 3.16. The SMILES string of the molecule is CC(C)C[C@@H]1[C@@H]2C=N[C@@]3(C(=O)NCc4ccncc4)[C@@H](C2)CN(CC(C)C)[C@@H]13. The van der Waals surface area contributed by atoms with Crippen molar-refractivity contribution in [3.05, 3.63) is 30.1 Å². The topological polar surface area (TPSA) is 57.6 Å². The molecule has 0 aromatic carbocycles. The molecule has 0 unspecified atom stereocenters. The highest BCUT2D eigenvalue weighted by Gasteiger charge is 2.67. The molecule has 4 heterocycles. The van der Waals surface area contributed by atoms with E-state index in [1.54, 1.807) is 12.4 Å². The Morgan fingerprint density at radius 2 is 2.00 bits per heavy atom. The van der Waals surface area contributed by atoms with Crippen LogP contribution in [-0.4, -0.2) is 46.7 Å². The first-order valence-electron chi connectivity index (χ1n) is 10.9. The number of aliphatic imine (C=N–C) groups is 1. The number of likely N-dealkylation sites (tertiary alicyclic amines) is 1. The molecule has 4 aliphatic rings. The van der Waals surface area contributed by atoms with Crippen molar-refractivity contribution in [2.45, 2.75) is 58.7 Å². The van der Waals surface area contributed by atoms with Gasteiger partial charge in [0.2, 0.25) is 5.91 Å². The van der Waals surface area contributed by atoms with Crippen LogP contribution in [0.4, 0.5) is 0 Å². The lowest BCUT2D eigenvalue weighted by atomic mass is 9.59. The Kier molecular flexibility index (Phi) is 5.30. The number of amides is 1. The molecule has 1 saturated carbocycles. The number of pyridine rings is 1. The highest BCUT2D eigenvalue weighted by molar-refractivity contribution is 5.92. The van der Waals surface area contributed by atoms with Crippen LogP contribution >= 0.6 is 0 Å². The van der Waals surface area contributed by atoms with E-state index < -0.39 is 5.54 Å². The Morgan fingerprint density at radius 1 is 1.25 bits per heavy atom. The number of hydrogen-bond acceptors (Lipinski definition) is 4. The molecule has 5 atom stereocenters. The third-order valence-electron chi connectivity index (χ3n) is 6.82. The van der Waals surface area contributed by atoms with E-state index in [0.717, 1.165) is 25.1 Å². The molecule has 5 nitrogen and oxygen atoms in total. The van der Waals surface area contributed by atoms with Gasteiger partial charge in [-0.05, 0) is 54.2 Å². The Hall–Kier alpha value is -1.75. The number of nitrogens with zero attached hydrogens (tertiary/aromatic N) is 3. The second-order valence-electron chi connectivity index (χ2n) is 9.82. The normalized spacial score (nSPS) is 33.8. The van der Waals surface area contributed by atoms with Gasteiger partial charge in [0, 0.05) is 50.2 Å². The molecule has 1 aliphatic carbocycles. The quantitative estimate of drug-likeness (QED) is 0.788. The van der Waals surface area contributed by atoms with Crippen molar-refractivity contribution >= 4 is 12.1 Å². The van der Waals surface area contributed by atoms with Crippen LogP contribution in [0.1, 0.15) is 46.1 Å². The van der Waals surface area contributed by atoms with Crippen molar-refractivity contribution in [2.24, 2.45) is 34.6 Å². The Balaban J connectivity index is 1.62. The summed E-state index contributed by atoms with van der Waals surface area (Å²) in [6, 6.07) is 4.16. The summed E-state index contributed by atoms with van der Waals surface area (Å²) in [7, 11) is 0. The molecule has 2 fully saturated rings. The summed E-state index contributed by atoms with van der Waals surface area (Å²) >= 11 is 0. The number of carbonyl (C=O) groups is 1. The molecular formula is C23H34N4O. The van der Waals surface area contributed by atoms with Crippen molar-refractivity contribution in [3.8, 4) is 0 Å². The van der Waals surface area contributed by atoms with Crippen molar-refractivity contribution < 1.29 is 4.79 Å². The molecule has 0 radical (unpaired) electrons. The van der Waals surface area contributed by atoms with Crippen LogP contribution < -0.4 is 5.32 Å². The maximum atomic E-state index is 13.6. The minimum atomic E-state index is -0.601. The van der Waals surface area contributed by atoms with Gasteiger partial charge in [-0.15, -0.1) is 0 Å². The first kappa shape index (κ1) is 19.6. The van der Waals surface area contributed by atoms with E-state index in [0.29, 0.717) is 36.1 Å². The zero-order valence-corrected chi connectivity index (χ0v) is 17.6. The smallest absolute Gasteiger partial charge is 0.250 e. The lowest BCUT2D eigenvalue weighted by Crippen LogP contribution is -2.65. The van der Waals surface area contributed by atoms with Crippen LogP contribution in [0.5, 0.6) is 0 Å². The molecule has 1 amide bonds. The second-order valence-corrected chi connectivity index (χ2v) is 9.82. The van der Waals surface area contributed by atoms with Crippen LogP contribution in [-0.2, 0) is 11.3 Å². The second kappa shape index (κ2) is 7.58. The molecule has 1 aromatic heterocycles. The van der Waals surface area contributed by atoms with Gasteiger partial charge in [0.25, 0.3) is 0 Å². The van der Waals surface area contributed by atoms with Gasteiger partial charge in [0.05, 0.1) is 0 Å². The first-order chi connectivity index (χ1) is 13.4. The van der Waals surface area contributed by atoms with Crippen molar-refractivity contribution in [1.29, 1.82) is 0 Å². The first-order valence-corrected chi connectivity index (χ1v) is 10.9. The number of carbonyl (C=O) groups excluding carboxylic acids is 1. The molecule has 5 rings (SSSR count). The number of aromatic nitrogens is 1. The summed E-state index contributed by atoms with van der Waals surface area (Å²) in [5.74, 6) is 2.75. The van der Waals surface area contributed by atoms with Crippen LogP contribution in [0, 0.1) is 29.6 Å². The highest BCUT2D eigenvalue weighted by Crippen LogP contribution is 2.55. The average Bonchev–Trinajstić information content (AvgIpc) is 2.91. The molecule has 4 bridgehead atoms. The fourth-order valence-electron chi connectivity index (χ4n) is 5.92. The van der Waals surface area contributed by atoms with Gasteiger partial charge in [-0.3, -0.25) is 19.7 Å². The van der Waals surface area contributed by atoms with Gasteiger partial charge >= 0.3 is 0 Å². The lowest BCUT2D eigenvalue weighted by Gasteiger charge is -2.51. The standard InChI is InChI=1S/C23H34N4O/c1-15(2)9-20-18-10-19-14-27(13-16(3)4)21(20)23(19,26-12-18)22(28)25-11-17-5-7-24-8-6-17/h5-8,12,15-16,18-21H,9-11,13-14H2,1-4H3,(H,25,28)/t18-,19-,20+,21-,23-/m0/s1. The third-order valence-corrected chi connectivity index (χ3v) is 6.82. The Bertz CT molecular complexity index is 731. The molecule has 1 aromatic rings. The number of rotatable bonds is 7.